The van der Waals surface area contributed by atoms with E-state index in [1.165, 1.54) is 25.3 Å². The van der Waals surface area contributed by atoms with Gasteiger partial charge < -0.3 is 14.8 Å². The zero-order chi connectivity index (χ0) is 24.1. The Hall–Kier alpha value is -4.38. The van der Waals surface area contributed by atoms with Crippen LogP contribution in [0.4, 0.5) is 5.69 Å². The Morgan fingerprint density at radius 2 is 1.70 bits per heavy atom. The van der Waals surface area contributed by atoms with Crippen molar-refractivity contribution in [2.75, 3.05) is 7.11 Å². The Balaban J connectivity index is 2.11. The van der Waals surface area contributed by atoms with E-state index < -0.39 is 28.9 Å². The molecule has 1 aliphatic heterocycles. The van der Waals surface area contributed by atoms with Gasteiger partial charge in [0.25, 0.3) is 5.69 Å². The lowest BCUT2D eigenvalue weighted by atomic mass is 9.80. The maximum absolute atomic E-state index is 13.4. The molecule has 0 aromatic heterocycles. The quantitative estimate of drug-likeness (QED) is 0.310. The first-order chi connectivity index (χ1) is 15.8. The molecular formula is C25H22N2O6. The molecule has 8 nitrogen and oxygen atoms in total. The van der Waals surface area contributed by atoms with Crippen LogP contribution in [0.5, 0.6) is 0 Å². The van der Waals surface area contributed by atoms with E-state index in [0.717, 1.165) is 0 Å². The molecule has 0 bridgehead atoms. The highest BCUT2D eigenvalue weighted by Crippen LogP contribution is 2.40. The van der Waals surface area contributed by atoms with E-state index in [1.54, 1.807) is 44.2 Å². The molecule has 2 atom stereocenters. The second-order valence-electron chi connectivity index (χ2n) is 7.34. The van der Waals surface area contributed by atoms with Gasteiger partial charge in [0.1, 0.15) is 0 Å². The first-order valence-corrected chi connectivity index (χ1v) is 10.0. The molecule has 0 fully saturated rings. The molecule has 0 amide bonds. The largest absolute Gasteiger partial charge is 0.466 e. The summed E-state index contributed by atoms with van der Waals surface area (Å²) in [4.78, 5) is 36.9. The van der Waals surface area contributed by atoms with Gasteiger partial charge in [-0.1, -0.05) is 48.4 Å². The zero-order valence-corrected chi connectivity index (χ0v) is 18.3. The van der Waals surface area contributed by atoms with E-state index in [9.17, 15) is 19.7 Å². The molecule has 8 heteroatoms. The first kappa shape index (κ1) is 23.3. The van der Waals surface area contributed by atoms with E-state index in [-0.39, 0.29) is 16.8 Å². The fourth-order valence-corrected chi connectivity index (χ4v) is 3.79. The van der Waals surface area contributed by atoms with Crippen molar-refractivity contribution in [1.82, 2.24) is 5.32 Å². The third-order valence-corrected chi connectivity index (χ3v) is 5.28. The van der Waals surface area contributed by atoms with Gasteiger partial charge in [-0.05, 0) is 19.4 Å². The Morgan fingerprint density at radius 3 is 2.27 bits per heavy atom. The highest BCUT2D eigenvalue weighted by molar-refractivity contribution is 6.00. The SMILES string of the molecule is C#CC(OC(=O)C1=C(C)NC(C)=C(C(=O)OC)C1c1cccc([N+](=O)[O-])c1)c1ccccc1. The summed E-state index contributed by atoms with van der Waals surface area (Å²) in [6.45, 7) is 3.32. The van der Waals surface area contributed by atoms with Crippen molar-refractivity contribution in [2.24, 2.45) is 0 Å². The monoisotopic (exact) mass is 446 g/mol. The van der Waals surface area contributed by atoms with E-state index in [4.69, 9.17) is 15.9 Å². The van der Waals surface area contributed by atoms with Crippen molar-refractivity contribution >= 4 is 17.6 Å². The number of nitrogens with one attached hydrogen (secondary N) is 1. The van der Waals surface area contributed by atoms with Gasteiger partial charge in [0.2, 0.25) is 0 Å². The number of hydrogen-bond donors (Lipinski definition) is 1. The summed E-state index contributed by atoms with van der Waals surface area (Å²) in [6, 6.07) is 14.6. The highest BCUT2D eigenvalue weighted by atomic mass is 16.6. The molecule has 1 N–H and O–H groups in total. The average Bonchev–Trinajstić information content (AvgIpc) is 2.82. The summed E-state index contributed by atoms with van der Waals surface area (Å²) >= 11 is 0. The summed E-state index contributed by atoms with van der Waals surface area (Å²) < 4.78 is 10.6. The van der Waals surface area contributed by atoms with E-state index in [0.29, 0.717) is 22.5 Å². The van der Waals surface area contributed by atoms with Gasteiger partial charge in [-0.15, -0.1) is 6.42 Å². The number of carbonyl (C=O) groups is 2. The summed E-state index contributed by atoms with van der Waals surface area (Å²) in [6.07, 6.45) is 4.66. The lowest BCUT2D eigenvalue weighted by molar-refractivity contribution is -0.384. The van der Waals surface area contributed by atoms with Crippen LogP contribution in [0.15, 0.2) is 77.1 Å². The highest BCUT2D eigenvalue weighted by Gasteiger charge is 2.39. The topological polar surface area (TPSA) is 108 Å². The molecule has 2 aromatic carbocycles. The van der Waals surface area contributed by atoms with Crippen molar-refractivity contribution in [1.29, 1.82) is 0 Å². The number of allylic oxidation sites excluding steroid dienone is 2. The molecular weight excluding hydrogens is 424 g/mol. The molecule has 0 radical (unpaired) electrons. The second kappa shape index (κ2) is 9.83. The van der Waals surface area contributed by atoms with Crippen molar-refractivity contribution in [3.8, 4) is 12.3 Å². The third-order valence-electron chi connectivity index (χ3n) is 5.28. The predicted molar refractivity (Wildman–Crippen MR) is 120 cm³/mol. The number of hydrogen-bond acceptors (Lipinski definition) is 7. The van der Waals surface area contributed by atoms with Crippen LogP contribution in [0.3, 0.4) is 0 Å². The van der Waals surface area contributed by atoms with Crippen LogP contribution in [0.1, 0.15) is 37.0 Å². The molecule has 3 rings (SSSR count). The van der Waals surface area contributed by atoms with Gasteiger partial charge in [-0.3, -0.25) is 10.1 Å². The Morgan fingerprint density at radius 1 is 1.06 bits per heavy atom. The fourth-order valence-electron chi connectivity index (χ4n) is 3.79. The number of carbonyl (C=O) groups excluding carboxylic acids is 2. The Labute approximate surface area is 191 Å². The number of nitro groups is 1. The van der Waals surface area contributed by atoms with Gasteiger partial charge in [-0.25, -0.2) is 9.59 Å². The number of nitro benzene ring substituents is 1. The number of non-ortho nitro benzene ring substituents is 1. The minimum absolute atomic E-state index is 0.109. The van der Waals surface area contributed by atoms with E-state index in [1.807, 2.05) is 6.07 Å². The fraction of sp³-hybridized carbons (Fsp3) is 0.200. The molecule has 1 aliphatic rings. The lowest BCUT2D eigenvalue weighted by Gasteiger charge is -2.30. The minimum atomic E-state index is -0.960. The van der Waals surface area contributed by atoms with Crippen LogP contribution in [0, 0.1) is 22.5 Å². The van der Waals surface area contributed by atoms with E-state index in [2.05, 4.69) is 11.2 Å². The maximum atomic E-state index is 13.4. The molecule has 0 spiro atoms. The number of terminal acetylenes is 1. The summed E-state index contributed by atoms with van der Waals surface area (Å²) in [5.74, 6) is 0.0710. The number of dihydropyridines is 1. The predicted octanol–water partition coefficient (Wildman–Crippen LogP) is 3.92. The maximum Gasteiger partial charge on any atom is 0.338 e. The van der Waals surface area contributed by atoms with Gasteiger partial charge in [-0.2, -0.15) is 0 Å². The standard InChI is InChI=1S/C25H22N2O6/c1-5-20(17-10-7-6-8-11-17)33-25(29)22-16(3)26-15(2)21(24(28)32-4)23(22)18-12-9-13-19(14-18)27(30)31/h1,6-14,20,23,26H,2-4H3. The van der Waals surface area contributed by atoms with Crippen LogP contribution in [0.2, 0.25) is 0 Å². The van der Waals surface area contributed by atoms with Crippen LogP contribution < -0.4 is 5.32 Å². The summed E-state index contributed by atoms with van der Waals surface area (Å²) in [7, 11) is 1.22. The normalized spacial score (nSPS) is 16.4. The van der Waals surface area contributed by atoms with Gasteiger partial charge >= 0.3 is 11.9 Å². The van der Waals surface area contributed by atoms with Crippen LogP contribution >= 0.6 is 0 Å². The molecule has 33 heavy (non-hydrogen) atoms. The Kier molecular flexibility index (Phi) is 6.94. The first-order valence-electron chi connectivity index (χ1n) is 10.0. The van der Waals surface area contributed by atoms with Crippen molar-refractivity contribution in [3.05, 3.63) is 98.4 Å². The number of rotatable bonds is 6. The number of benzene rings is 2. The summed E-state index contributed by atoms with van der Waals surface area (Å²) in [5, 5.41) is 14.4. The summed E-state index contributed by atoms with van der Waals surface area (Å²) in [5.41, 5.74) is 1.96. The molecule has 2 unspecified atom stereocenters. The minimum Gasteiger partial charge on any atom is -0.466 e. The van der Waals surface area contributed by atoms with E-state index >= 15 is 0 Å². The third kappa shape index (κ3) is 4.77. The number of nitrogens with zero attached hydrogens (tertiary/aromatic N) is 1. The molecule has 0 saturated heterocycles. The van der Waals surface area contributed by atoms with Crippen LogP contribution in [-0.4, -0.2) is 24.0 Å². The van der Waals surface area contributed by atoms with Crippen LogP contribution in [0.25, 0.3) is 0 Å². The van der Waals surface area contributed by atoms with Crippen molar-refractivity contribution in [3.63, 3.8) is 0 Å². The average molecular weight is 446 g/mol. The van der Waals surface area contributed by atoms with Gasteiger partial charge in [0, 0.05) is 29.1 Å². The molecule has 1 heterocycles. The van der Waals surface area contributed by atoms with Gasteiger partial charge in [0.15, 0.2) is 6.10 Å². The molecule has 168 valence electrons. The Bertz CT molecular complexity index is 1210. The number of esters is 2. The molecule has 0 saturated carbocycles. The number of ether oxygens (including phenoxy) is 2. The molecule has 0 aliphatic carbocycles. The van der Waals surface area contributed by atoms with Crippen molar-refractivity contribution in [2.45, 2.75) is 25.9 Å². The van der Waals surface area contributed by atoms with Crippen molar-refractivity contribution < 1.29 is 24.0 Å². The van der Waals surface area contributed by atoms with Crippen LogP contribution in [-0.2, 0) is 19.1 Å². The lowest BCUT2D eigenvalue weighted by Crippen LogP contribution is -2.32. The smallest absolute Gasteiger partial charge is 0.338 e. The second-order valence-corrected chi connectivity index (χ2v) is 7.34. The zero-order valence-electron chi connectivity index (χ0n) is 18.3. The molecule has 2 aromatic rings. The van der Waals surface area contributed by atoms with Gasteiger partial charge in [0.05, 0.1) is 29.1 Å². The number of methoxy groups -OCH3 is 1.